The zero-order chi connectivity index (χ0) is 98.7. The average Bonchev–Trinajstić information content (AvgIpc) is 0.811. The Bertz CT molecular complexity index is 6830. The largest absolute Gasteiger partial charge is 0.493 e. The number of alkyl halides is 6. The zero-order valence-electron chi connectivity index (χ0n) is 76.1. The number of ether oxygens (including phenoxy) is 6. The number of amides is 5. The molecule has 0 radical (unpaired) electrons. The van der Waals surface area contributed by atoms with Crippen molar-refractivity contribution in [1.82, 2.24) is 55.8 Å². The van der Waals surface area contributed by atoms with Crippen LogP contribution < -0.4 is 97.5 Å². The quantitative estimate of drug-likeness (QED) is 0.0194. The molecule has 2 aliphatic heterocycles. The number of para-hydroxylation sites is 3. The van der Waals surface area contributed by atoms with Gasteiger partial charge in [0.2, 0.25) is 47.1 Å². The smallest absolute Gasteiger partial charge is 0.421 e. The second kappa shape index (κ2) is 46.0. The predicted molar refractivity (Wildman–Crippen MR) is 519 cm³/mol. The lowest BCUT2D eigenvalue weighted by molar-refractivity contribution is -0.138. The fourth-order valence-electron chi connectivity index (χ4n) is 14.2. The zero-order valence-corrected chi connectivity index (χ0v) is 76.1. The Morgan fingerprint density at radius 3 is 1.20 bits per heavy atom. The number of carbonyl (C=O) groups is 5. The lowest BCUT2D eigenvalue weighted by atomic mass is 10.0. The molecule has 0 bridgehead atoms. The highest BCUT2D eigenvalue weighted by Crippen LogP contribution is 2.45. The number of nitrogens with one attached hydrogen (secondary N) is 13. The number of nitrogens with zero attached hydrogens (tertiary/aromatic N) is 9. The van der Waals surface area contributed by atoms with Crippen LogP contribution in [0.25, 0.3) is 23.3 Å². The number of methoxy groups -OCH3 is 6. The van der Waals surface area contributed by atoms with Crippen LogP contribution in [0.15, 0.2) is 243 Å². The van der Waals surface area contributed by atoms with Crippen molar-refractivity contribution in [1.29, 1.82) is 5.26 Å². The van der Waals surface area contributed by atoms with E-state index < -0.39 is 41.0 Å². The molecule has 0 aliphatic carbocycles. The van der Waals surface area contributed by atoms with E-state index in [2.05, 4.69) is 99.0 Å². The van der Waals surface area contributed by atoms with Crippen molar-refractivity contribution < 1.29 is 78.7 Å². The molecule has 710 valence electrons. The summed E-state index contributed by atoms with van der Waals surface area (Å²) in [4.78, 5) is 94.2. The number of aryl methyl sites for hydroxylation is 2. The van der Waals surface area contributed by atoms with Crippen molar-refractivity contribution >= 4 is 146 Å². The Kier molecular flexibility index (Phi) is 32.6. The molecule has 0 fully saturated rings. The van der Waals surface area contributed by atoms with Crippen molar-refractivity contribution in [2.75, 3.05) is 117 Å². The van der Waals surface area contributed by atoms with Crippen LogP contribution in [0.1, 0.15) is 82.9 Å². The van der Waals surface area contributed by atoms with Crippen LogP contribution in [0.3, 0.4) is 0 Å². The van der Waals surface area contributed by atoms with Crippen LogP contribution in [0.2, 0.25) is 0 Å². The number of benzene rings is 10. The van der Waals surface area contributed by atoms with Crippen LogP contribution in [-0.2, 0) is 41.2 Å². The Morgan fingerprint density at radius 2 is 0.770 bits per heavy atom. The normalized spacial score (nSPS) is 11.7. The third-order valence-electron chi connectivity index (χ3n) is 20.9. The predicted octanol–water partition coefficient (Wildman–Crippen LogP) is 19.7. The first-order valence-electron chi connectivity index (χ1n) is 42.6. The van der Waals surface area contributed by atoms with Gasteiger partial charge in [0.05, 0.1) is 88.9 Å². The first-order valence-corrected chi connectivity index (χ1v) is 42.6. The van der Waals surface area contributed by atoms with Crippen molar-refractivity contribution in [3.8, 4) is 51.7 Å². The third kappa shape index (κ3) is 25.6. The molecule has 6 heterocycles. The van der Waals surface area contributed by atoms with E-state index in [9.17, 15) is 50.3 Å². The van der Waals surface area contributed by atoms with Gasteiger partial charge in [-0.1, -0.05) is 115 Å². The van der Waals surface area contributed by atoms with Crippen molar-refractivity contribution in [3.05, 3.63) is 299 Å². The van der Waals surface area contributed by atoms with Crippen LogP contribution in [0.4, 0.5) is 130 Å². The highest BCUT2D eigenvalue weighted by Gasteiger charge is 2.38. The van der Waals surface area contributed by atoms with Gasteiger partial charge < -0.3 is 97.5 Å². The molecule has 39 heteroatoms. The van der Waals surface area contributed by atoms with Gasteiger partial charge in [-0.2, -0.15) is 51.5 Å². The second-order valence-corrected chi connectivity index (χ2v) is 30.0. The standard InChI is InChI=1S/C29H29N5O4.C27H27N5O4.C22H19F3N6O2.C22H17F3N6O/c1-30-28(35)22-12-8-9-13-23(22)33-27-20(15-14-19-10-6-5-7-11-19)18-31-29(34-27)32-21-16-24(36-2)26(38-4)25(17-21)37-3;1-28-26(33)19-12-8-9-13-21(19)31-25-20(17-10-6-5-7-11-17)16-29-27(32-25)30-18-14-22(34-2)24(36-4)23(15-18)35-3;1-26-20(33)14-4-2-3-5-17(14)30-19-15(22(23,24)25)11-27-21(31-19)28-13-7-8-16-12(10-13)6-9-18(32)29-16;23-22(24,25)17-12-27-21(29-16-5-6-18-14(11-16)4-7-19(32)30-18)31-20(17)28-15-3-1-2-13(10-15)8-9-26/h5-18H,1-4H3,(H,30,35)(H2,31,32,33,34);5-16H,1-4H3,(H,28,33)(H2,29,30,31,32);2-5,7-8,10-11H,6,9H2,1H3,(H,26,33)(H,29,32)(H2,27,28,30,31);1-3,5-6,10-12H,4,7-8H2,(H,30,32)(H2,27,28,29,31)/b15-14+;;;. The summed E-state index contributed by atoms with van der Waals surface area (Å²) in [7, 11) is 13.9. The van der Waals surface area contributed by atoms with Gasteiger partial charge in [0.1, 0.15) is 34.4 Å². The number of carbonyl (C=O) groups excluding carboxylic acids is 5. The van der Waals surface area contributed by atoms with E-state index in [1.165, 1.54) is 19.2 Å². The number of hydrogen-bond donors (Lipinski definition) is 13. The fraction of sp³-hybridized carbons (Fsp3) is 0.160. The van der Waals surface area contributed by atoms with Gasteiger partial charge in [-0.3, -0.25) is 24.0 Å². The number of halogens is 6. The minimum absolute atomic E-state index is 0.0199. The van der Waals surface area contributed by atoms with E-state index in [0.717, 1.165) is 39.6 Å². The Balaban J connectivity index is 0.000000157. The van der Waals surface area contributed by atoms with Gasteiger partial charge in [-0.15, -0.1) is 0 Å². The van der Waals surface area contributed by atoms with E-state index >= 15 is 0 Å². The molecule has 13 N–H and O–H groups in total. The molecular formula is C100H92F6N22O11. The Morgan fingerprint density at radius 1 is 0.388 bits per heavy atom. The summed E-state index contributed by atoms with van der Waals surface area (Å²) in [6.07, 6.45) is 1.32. The highest BCUT2D eigenvalue weighted by atomic mass is 19.4. The van der Waals surface area contributed by atoms with Crippen molar-refractivity contribution in [3.63, 3.8) is 0 Å². The minimum Gasteiger partial charge on any atom is -0.493 e. The monoisotopic (exact) mass is 1890 g/mol. The first-order chi connectivity index (χ1) is 67.2. The fourth-order valence-corrected chi connectivity index (χ4v) is 14.2. The maximum atomic E-state index is 13.6. The summed E-state index contributed by atoms with van der Waals surface area (Å²) in [5.41, 5.74) is 10.6. The van der Waals surface area contributed by atoms with Gasteiger partial charge >= 0.3 is 12.4 Å². The molecule has 10 aromatic carbocycles. The SMILES string of the molecule is CNC(=O)c1ccccc1Nc1nc(Nc2cc(OC)c(OC)c(OC)c2)ncc1-c1ccccc1.CNC(=O)c1ccccc1Nc1nc(Nc2cc(OC)c(OC)c(OC)c2)ncc1/C=C/c1ccccc1.CNC(=O)c1ccccc1Nc1nc(Nc2ccc3c(c2)CCC(=O)N3)ncc1C(F)(F)F.N#CCc1cccc(Nc2nc(Nc3ccc4c(c3)CCC(=O)N4)ncc2C(F)(F)F)c1. The summed E-state index contributed by atoms with van der Waals surface area (Å²) in [5.74, 6) is 2.67. The average molecular weight is 1890 g/mol. The summed E-state index contributed by atoms with van der Waals surface area (Å²) in [5, 5.41) is 46.3. The summed E-state index contributed by atoms with van der Waals surface area (Å²) in [6.45, 7) is 0. The lowest BCUT2D eigenvalue weighted by Crippen LogP contribution is -2.20. The number of nitriles is 1. The molecule has 14 aromatic rings. The van der Waals surface area contributed by atoms with Gasteiger partial charge in [0.25, 0.3) is 17.7 Å². The molecular weight excluding hydrogens is 1800 g/mol. The van der Waals surface area contributed by atoms with E-state index in [1.807, 2.05) is 115 Å². The summed E-state index contributed by atoms with van der Waals surface area (Å²) in [6, 6.07) is 66.3. The van der Waals surface area contributed by atoms with E-state index in [4.69, 9.17) is 43.7 Å². The Hall–Kier alpha value is -18.1. The molecule has 4 aromatic heterocycles. The number of anilines is 18. The summed E-state index contributed by atoms with van der Waals surface area (Å²) < 4.78 is 114. The summed E-state index contributed by atoms with van der Waals surface area (Å²) >= 11 is 0. The van der Waals surface area contributed by atoms with Crippen LogP contribution >= 0.6 is 0 Å². The maximum absolute atomic E-state index is 13.6. The number of rotatable bonds is 29. The van der Waals surface area contributed by atoms with Crippen molar-refractivity contribution in [2.24, 2.45) is 0 Å². The van der Waals surface area contributed by atoms with Gasteiger partial charge in [0.15, 0.2) is 23.0 Å². The number of hydrogen-bond acceptors (Lipinski definition) is 28. The molecule has 0 unspecified atom stereocenters. The van der Waals surface area contributed by atoms with E-state index in [-0.39, 0.29) is 53.2 Å². The third-order valence-corrected chi connectivity index (χ3v) is 20.9. The van der Waals surface area contributed by atoms with Crippen LogP contribution in [0.5, 0.6) is 34.5 Å². The van der Waals surface area contributed by atoms with Crippen molar-refractivity contribution in [2.45, 2.75) is 44.5 Å². The molecule has 0 saturated carbocycles. The molecule has 5 amide bonds. The van der Waals surface area contributed by atoms with E-state index in [0.29, 0.717) is 158 Å². The minimum atomic E-state index is -4.72. The highest BCUT2D eigenvalue weighted by molar-refractivity contribution is 6.03. The maximum Gasteiger partial charge on any atom is 0.421 e. The van der Waals surface area contributed by atoms with Gasteiger partial charge in [-0.25, -0.2) is 19.9 Å². The van der Waals surface area contributed by atoms with Gasteiger partial charge in [-0.05, 0) is 132 Å². The first kappa shape index (κ1) is 98.4. The molecule has 0 atom stereocenters. The van der Waals surface area contributed by atoms with Crippen LogP contribution in [0, 0.1) is 11.3 Å². The molecule has 0 saturated heterocycles. The molecule has 16 rings (SSSR count). The number of aromatic nitrogens is 8. The molecule has 139 heavy (non-hydrogen) atoms. The second-order valence-electron chi connectivity index (χ2n) is 30.0. The van der Waals surface area contributed by atoms with Gasteiger partial charge in [0, 0.05) is 134 Å². The topological polar surface area (TPSA) is 424 Å². The molecule has 0 spiro atoms. The number of fused-ring (bicyclic) bond motifs is 2. The molecule has 33 nitrogen and oxygen atoms in total. The lowest BCUT2D eigenvalue weighted by Gasteiger charge is -2.18. The van der Waals surface area contributed by atoms with Crippen LogP contribution in [-0.4, -0.2) is 133 Å². The van der Waals surface area contributed by atoms with E-state index in [1.54, 1.807) is 178 Å². The Labute approximate surface area is 793 Å². The molecule has 2 aliphatic rings.